The van der Waals surface area contributed by atoms with Crippen molar-refractivity contribution in [1.29, 1.82) is 0 Å². The van der Waals surface area contributed by atoms with E-state index in [1.165, 1.54) is 0 Å². The summed E-state index contributed by atoms with van der Waals surface area (Å²) < 4.78 is 38.2. The second kappa shape index (κ2) is 7.29. The second-order valence-electron chi connectivity index (χ2n) is 5.34. The highest BCUT2D eigenvalue weighted by molar-refractivity contribution is 7.95. The number of rotatable bonds is 6. The summed E-state index contributed by atoms with van der Waals surface area (Å²) in [6.07, 6.45) is -0.232. The van der Waals surface area contributed by atoms with Gasteiger partial charge in [0.15, 0.2) is 11.4 Å². The van der Waals surface area contributed by atoms with E-state index in [1.807, 2.05) is 0 Å². The summed E-state index contributed by atoms with van der Waals surface area (Å²) in [5, 5.41) is 9.37. The highest BCUT2D eigenvalue weighted by Gasteiger charge is 2.20. The van der Waals surface area contributed by atoms with E-state index in [2.05, 4.69) is 0 Å². The van der Waals surface area contributed by atoms with Crippen molar-refractivity contribution in [3.63, 3.8) is 0 Å². The topological polar surface area (TPSA) is 85.7 Å². The van der Waals surface area contributed by atoms with Crippen molar-refractivity contribution in [2.24, 2.45) is 5.73 Å². The van der Waals surface area contributed by atoms with Gasteiger partial charge in [-0.3, -0.25) is 0 Å². The van der Waals surface area contributed by atoms with Crippen molar-refractivity contribution in [3.8, 4) is 5.75 Å². The van der Waals surface area contributed by atoms with Gasteiger partial charge in [-0.15, -0.1) is 0 Å². The Hall–Kier alpha value is -1.64. The molecule has 5 nitrogen and oxygen atoms in total. The number of aliphatic hydroxyl groups excluding tert-OH is 1. The molecule has 2 unspecified atom stereocenters. The third-order valence-electron chi connectivity index (χ3n) is 3.16. The Bertz CT molecular complexity index is 763. The molecule has 0 amide bonds. The van der Waals surface area contributed by atoms with Crippen LogP contribution in [-0.2, 0) is 0 Å². The van der Waals surface area contributed by atoms with E-state index >= 15 is 0 Å². The van der Waals surface area contributed by atoms with Crippen molar-refractivity contribution in [1.82, 2.24) is 0 Å². The van der Waals surface area contributed by atoms with E-state index in [9.17, 15) is 18.7 Å². The molecule has 1 aromatic carbocycles. The number of halogens is 2. The number of aryl methyl sites for hydroxylation is 1. The van der Waals surface area contributed by atoms with Gasteiger partial charge >= 0.3 is 5.63 Å². The minimum Gasteiger partial charge on any atom is -0.419 e. The van der Waals surface area contributed by atoms with Crippen LogP contribution in [0.1, 0.15) is 18.9 Å². The van der Waals surface area contributed by atoms with Crippen molar-refractivity contribution in [2.75, 3.05) is 5.75 Å². The number of fused-ring (bicyclic) bond motifs is 1. The molecule has 0 aliphatic heterocycles. The van der Waals surface area contributed by atoms with Gasteiger partial charge in [-0.2, -0.15) is 4.39 Å². The molecule has 0 fully saturated rings. The summed E-state index contributed by atoms with van der Waals surface area (Å²) in [5.74, 6) is -2.37. The first kappa shape index (κ1) is 17.7. The monoisotopic (exact) mass is 345 g/mol. The molecule has 1 aromatic heterocycles. The lowest BCUT2D eigenvalue weighted by Crippen LogP contribution is -2.27. The normalized spacial score (nSPS) is 14.0. The maximum atomic E-state index is 14.3. The van der Waals surface area contributed by atoms with E-state index in [1.54, 1.807) is 13.8 Å². The van der Waals surface area contributed by atoms with Crippen LogP contribution in [-0.4, -0.2) is 23.0 Å². The zero-order valence-electron chi connectivity index (χ0n) is 12.6. The maximum Gasteiger partial charge on any atom is 0.336 e. The largest absolute Gasteiger partial charge is 0.419 e. The number of aliphatic hydroxyl groups is 1. The molecule has 0 radical (unpaired) electrons. The van der Waals surface area contributed by atoms with Crippen LogP contribution in [0.25, 0.3) is 11.0 Å². The van der Waals surface area contributed by atoms with Gasteiger partial charge in [-0.1, -0.05) is 0 Å². The Kier molecular flexibility index (Phi) is 5.61. The first-order valence-electron chi connectivity index (χ1n) is 6.95. The fourth-order valence-electron chi connectivity index (χ4n) is 2.12. The predicted molar refractivity (Wildman–Crippen MR) is 84.5 cm³/mol. The molecule has 2 rings (SSSR count). The van der Waals surface area contributed by atoms with E-state index < -0.39 is 29.1 Å². The van der Waals surface area contributed by atoms with Crippen molar-refractivity contribution >= 4 is 23.0 Å². The standard InChI is InChI=1S/C15H17F2NO4S/c1-7-3-12(20)21-14-10(7)5-11(16)15(13(14)17)22-23-6-9(18)4-8(2)19/h3,5,8-9,19H,4,6,18H2,1-2H3. The average Bonchev–Trinajstić information content (AvgIpc) is 2.43. The average molecular weight is 345 g/mol. The Morgan fingerprint density at radius 2 is 2.13 bits per heavy atom. The van der Waals surface area contributed by atoms with E-state index in [-0.39, 0.29) is 22.8 Å². The van der Waals surface area contributed by atoms with Crippen LogP contribution in [0.2, 0.25) is 0 Å². The van der Waals surface area contributed by atoms with Gasteiger partial charge in [-0.25, -0.2) is 9.18 Å². The zero-order chi connectivity index (χ0) is 17.1. The lowest BCUT2D eigenvalue weighted by atomic mass is 10.1. The molecule has 2 atom stereocenters. The molecule has 8 heteroatoms. The van der Waals surface area contributed by atoms with Crippen LogP contribution >= 0.6 is 12.0 Å². The molecule has 23 heavy (non-hydrogen) atoms. The van der Waals surface area contributed by atoms with Gasteiger partial charge in [0.05, 0.1) is 18.1 Å². The molecule has 2 aromatic rings. The third kappa shape index (κ3) is 4.21. The Labute approximate surface area is 135 Å². The first-order valence-corrected chi connectivity index (χ1v) is 7.86. The Morgan fingerprint density at radius 1 is 1.43 bits per heavy atom. The summed E-state index contributed by atoms with van der Waals surface area (Å²) in [4.78, 5) is 11.3. The van der Waals surface area contributed by atoms with Gasteiger partial charge in [0.1, 0.15) is 0 Å². The van der Waals surface area contributed by atoms with Crippen LogP contribution in [0, 0.1) is 18.6 Å². The molecule has 0 bridgehead atoms. The molecule has 0 saturated carbocycles. The number of benzene rings is 1. The second-order valence-corrected chi connectivity index (χ2v) is 6.07. The Morgan fingerprint density at radius 3 is 2.78 bits per heavy atom. The Balaban J connectivity index is 2.23. The fraction of sp³-hybridized carbons (Fsp3) is 0.400. The van der Waals surface area contributed by atoms with Gasteiger partial charge in [-0.05, 0) is 31.9 Å². The summed E-state index contributed by atoms with van der Waals surface area (Å²) in [7, 11) is 0. The van der Waals surface area contributed by atoms with Crippen LogP contribution in [0.4, 0.5) is 8.78 Å². The highest BCUT2D eigenvalue weighted by atomic mass is 32.2. The molecule has 0 aliphatic rings. The van der Waals surface area contributed by atoms with Crippen LogP contribution < -0.4 is 15.5 Å². The van der Waals surface area contributed by atoms with E-state index in [0.29, 0.717) is 12.0 Å². The van der Waals surface area contributed by atoms with Crippen LogP contribution in [0.3, 0.4) is 0 Å². The zero-order valence-corrected chi connectivity index (χ0v) is 13.5. The molecule has 3 N–H and O–H groups in total. The van der Waals surface area contributed by atoms with Crippen molar-refractivity contribution < 1.29 is 22.5 Å². The lowest BCUT2D eigenvalue weighted by molar-refractivity contribution is 0.177. The minimum atomic E-state index is -1.07. The van der Waals surface area contributed by atoms with Gasteiger partial charge < -0.3 is 19.4 Å². The minimum absolute atomic E-state index is 0.169. The molecule has 126 valence electrons. The summed E-state index contributed by atoms with van der Waals surface area (Å²) in [6, 6.07) is 1.83. The van der Waals surface area contributed by atoms with Gasteiger partial charge in [0.2, 0.25) is 11.6 Å². The number of nitrogens with two attached hydrogens (primary N) is 1. The fourth-order valence-corrected chi connectivity index (χ4v) is 2.77. The predicted octanol–water partition coefficient (Wildman–Crippen LogP) is 2.50. The molecular formula is C15H17F2NO4S. The van der Waals surface area contributed by atoms with Crippen LogP contribution in [0.5, 0.6) is 5.75 Å². The quantitative estimate of drug-likeness (QED) is 0.618. The summed E-state index contributed by atoms with van der Waals surface area (Å²) in [5.41, 5.74) is 5.08. The van der Waals surface area contributed by atoms with Gasteiger partial charge in [0, 0.05) is 23.2 Å². The molecule has 1 heterocycles. The molecule has 0 aliphatic carbocycles. The molecule has 0 saturated heterocycles. The van der Waals surface area contributed by atoms with E-state index in [4.69, 9.17) is 14.3 Å². The molecule has 0 spiro atoms. The smallest absolute Gasteiger partial charge is 0.336 e. The van der Waals surface area contributed by atoms with Crippen molar-refractivity contribution in [3.05, 3.63) is 39.8 Å². The van der Waals surface area contributed by atoms with E-state index in [0.717, 1.165) is 24.2 Å². The third-order valence-corrected chi connectivity index (χ3v) is 4.01. The summed E-state index contributed by atoms with van der Waals surface area (Å²) >= 11 is 0.766. The first-order chi connectivity index (χ1) is 10.8. The number of hydrogen-bond donors (Lipinski definition) is 2. The van der Waals surface area contributed by atoms with Crippen molar-refractivity contribution in [2.45, 2.75) is 32.4 Å². The SMILES string of the molecule is Cc1cc(=O)oc2c(F)c(OSCC(N)CC(C)O)c(F)cc12. The highest BCUT2D eigenvalue weighted by Crippen LogP contribution is 2.32. The lowest BCUT2D eigenvalue weighted by Gasteiger charge is -2.13. The maximum absolute atomic E-state index is 14.3. The van der Waals surface area contributed by atoms with Gasteiger partial charge in [0.25, 0.3) is 0 Å². The number of hydrogen-bond acceptors (Lipinski definition) is 6. The molecular weight excluding hydrogens is 328 g/mol. The summed E-state index contributed by atoms with van der Waals surface area (Å²) in [6.45, 7) is 3.15. The van der Waals surface area contributed by atoms with Crippen LogP contribution in [0.15, 0.2) is 21.3 Å².